The molecule has 0 saturated heterocycles. The minimum Gasteiger partial charge on any atom is -0.497 e. The predicted molar refractivity (Wildman–Crippen MR) is 142 cm³/mol. The van der Waals surface area contributed by atoms with E-state index in [1.807, 2.05) is 0 Å². The van der Waals surface area contributed by atoms with Gasteiger partial charge in [0.1, 0.15) is 17.5 Å². The molecule has 0 aliphatic heterocycles. The van der Waals surface area contributed by atoms with Crippen molar-refractivity contribution in [1.29, 1.82) is 0 Å². The summed E-state index contributed by atoms with van der Waals surface area (Å²) in [7, 11) is 6.12. The Balaban J connectivity index is 1.89. The second-order valence-electron chi connectivity index (χ2n) is 9.08. The van der Waals surface area contributed by atoms with E-state index in [4.69, 9.17) is 23.4 Å². The molecule has 0 radical (unpaired) electrons. The number of carbonyl (C=O) groups is 2. The maximum absolute atomic E-state index is 14.1. The Morgan fingerprint density at radius 1 is 0.868 bits per heavy atom. The van der Waals surface area contributed by atoms with Crippen LogP contribution in [0.2, 0.25) is 0 Å². The number of furan rings is 1. The topological polar surface area (TPSA) is 99.5 Å². The molecule has 2 aromatic carbocycles. The smallest absolute Gasteiger partial charge is 0.294 e. The van der Waals surface area contributed by atoms with Crippen LogP contribution < -0.4 is 29.2 Å². The minimum absolute atomic E-state index is 0.0271. The molecule has 1 aromatic heterocycles. The molecule has 9 nitrogen and oxygen atoms in total. The van der Waals surface area contributed by atoms with Crippen LogP contribution in [0.25, 0.3) is 0 Å². The molecule has 0 unspecified atom stereocenters. The fraction of sp³-hybridized carbons (Fsp3) is 0.379. The van der Waals surface area contributed by atoms with E-state index in [-0.39, 0.29) is 17.7 Å². The van der Waals surface area contributed by atoms with Gasteiger partial charge in [-0.15, -0.1) is 0 Å². The van der Waals surface area contributed by atoms with Crippen molar-refractivity contribution in [3.05, 3.63) is 66.1 Å². The number of methoxy groups -OCH3 is 4. The van der Waals surface area contributed by atoms with Gasteiger partial charge in [-0.2, -0.15) is 0 Å². The molecule has 1 atom stereocenters. The van der Waals surface area contributed by atoms with Gasteiger partial charge in [-0.3, -0.25) is 14.5 Å². The largest absolute Gasteiger partial charge is 0.497 e. The Labute approximate surface area is 222 Å². The molecular weight excluding hydrogens is 488 g/mol. The average molecular weight is 523 g/mol. The summed E-state index contributed by atoms with van der Waals surface area (Å²) >= 11 is 0. The van der Waals surface area contributed by atoms with Gasteiger partial charge in [0, 0.05) is 24.2 Å². The number of hydrogen-bond acceptors (Lipinski definition) is 7. The normalized spacial score (nSPS) is 14.3. The van der Waals surface area contributed by atoms with E-state index in [0.717, 1.165) is 32.1 Å². The number of nitrogens with one attached hydrogen (secondary N) is 1. The number of hydrogen-bond donors (Lipinski definition) is 1. The van der Waals surface area contributed by atoms with Crippen molar-refractivity contribution in [3.8, 4) is 23.0 Å². The second kappa shape index (κ2) is 12.4. The van der Waals surface area contributed by atoms with Crippen molar-refractivity contribution in [2.75, 3.05) is 33.3 Å². The summed E-state index contributed by atoms with van der Waals surface area (Å²) in [6.45, 7) is 0. The highest BCUT2D eigenvalue weighted by molar-refractivity contribution is 6.09. The van der Waals surface area contributed by atoms with Crippen molar-refractivity contribution in [2.45, 2.75) is 44.2 Å². The van der Waals surface area contributed by atoms with Crippen molar-refractivity contribution in [3.63, 3.8) is 0 Å². The average Bonchev–Trinajstić information content (AvgIpc) is 3.50. The molecule has 1 aliphatic rings. The summed E-state index contributed by atoms with van der Waals surface area (Å²) in [5, 5.41) is 3.19. The fourth-order valence-electron chi connectivity index (χ4n) is 4.80. The van der Waals surface area contributed by atoms with Crippen LogP contribution in [0.3, 0.4) is 0 Å². The Morgan fingerprint density at radius 3 is 2.13 bits per heavy atom. The first-order chi connectivity index (χ1) is 18.5. The predicted octanol–water partition coefficient (Wildman–Crippen LogP) is 5.15. The maximum atomic E-state index is 14.1. The number of nitrogens with zero attached hydrogens (tertiary/aromatic N) is 1. The first-order valence-electron chi connectivity index (χ1n) is 12.6. The molecule has 1 fully saturated rings. The Hall–Kier alpha value is -4.14. The van der Waals surface area contributed by atoms with E-state index >= 15 is 0 Å². The highest BCUT2D eigenvalue weighted by Crippen LogP contribution is 2.38. The third-order valence-electron chi connectivity index (χ3n) is 6.75. The molecule has 1 heterocycles. The van der Waals surface area contributed by atoms with Gasteiger partial charge in [-0.1, -0.05) is 25.3 Å². The quantitative estimate of drug-likeness (QED) is 0.393. The molecule has 1 aliphatic carbocycles. The van der Waals surface area contributed by atoms with Crippen LogP contribution in [0.1, 0.15) is 54.3 Å². The number of anilines is 1. The summed E-state index contributed by atoms with van der Waals surface area (Å²) in [6.07, 6.45) is 6.46. The van der Waals surface area contributed by atoms with Gasteiger partial charge < -0.3 is 28.7 Å². The van der Waals surface area contributed by atoms with Crippen molar-refractivity contribution >= 4 is 17.5 Å². The Kier molecular flexibility index (Phi) is 8.78. The van der Waals surface area contributed by atoms with E-state index in [2.05, 4.69) is 5.32 Å². The Morgan fingerprint density at radius 2 is 1.55 bits per heavy atom. The molecule has 3 aromatic rings. The highest BCUT2D eigenvalue weighted by atomic mass is 16.5. The van der Waals surface area contributed by atoms with Crippen molar-refractivity contribution < 1.29 is 33.0 Å². The van der Waals surface area contributed by atoms with E-state index in [1.54, 1.807) is 55.6 Å². The number of ether oxygens (including phenoxy) is 4. The van der Waals surface area contributed by atoms with Crippen LogP contribution >= 0.6 is 0 Å². The van der Waals surface area contributed by atoms with Crippen LogP contribution in [0.5, 0.6) is 23.0 Å². The zero-order valence-electron chi connectivity index (χ0n) is 22.2. The molecule has 38 heavy (non-hydrogen) atoms. The standard InChI is InChI=1S/C29H34N2O7/c1-34-22-16-21(17-23(18-22)35-2)31(29(33)25-11-8-14-38-25)27(28(32)30-20-9-6-5-7-10-20)19-12-13-24(36-3)26(15-19)37-4/h8,11-18,20,27H,5-7,9-10H2,1-4H3,(H,30,32)/t27-/m0/s1. The molecule has 2 amide bonds. The molecule has 1 saturated carbocycles. The summed E-state index contributed by atoms with van der Waals surface area (Å²) < 4.78 is 27.4. The molecule has 0 spiro atoms. The van der Waals surface area contributed by atoms with Crippen LogP contribution in [0, 0.1) is 0 Å². The van der Waals surface area contributed by atoms with Gasteiger partial charge >= 0.3 is 0 Å². The van der Waals surface area contributed by atoms with E-state index in [1.165, 1.54) is 32.5 Å². The fourth-order valence-corrected chi connectivity index (χ4v) is 4.80. The van der Waals surface area contributed by atoms with Gasteiger partial charge in [0.2, 0.25) is 5.91 Å². The molecule has 202 valence electrons. The number of carbonyl (C=O) groups excluding carboxylic acids is 2. The molecule has 1 N–H and O–H groups in total. The van der Waals surface area contributed by atoms with E-state index in [0.29, 0.717) is 34.2 Å². The molecule has 4 rings (SSSR count). The minimum atomic E-state index is -1.06. The zero-order chi connectivity index (χ0) is 27.1. The molecular formula is C29H34N2O7. The molecule has 9 heteroatoms. The zero-order valence-corrected chi connectivity index (χ0v) is 22.2. The SMILES string of the molecule is COc1cc(OC)cc(N(C(=O)c2ccco2)[C@H](C(=O)NC2CCCCC2)c2ccc(OC)c(OC)c2)c1. The van der Waals surface area contributed by atoms with Crippen molar-refractivity contribution in [1.82, 2.24) is 5.32 Å². The van der Waals surface area contributed by atoms with E-state index < -0.39 is 11.9 Å². The first kappa shape index (κ1) is 26.9. The van der Waals surface area contributed by atoms with Crippen LogP contribution in [0.15, 0.2) is 59.2 Å². The Bertz CT molecular complexity index is 1210. The van der Waals surface area contributed by atoms with Crippen LogP contribution in [-0.4, -0.2) is 46.3 Å². The van der Waals surface area contributed by atoms with Crippen molar-refractivity contribution in [2.24, 2.45) is 0 Å². The lowest BCUT2D eigenvalue weighted by molar-refractivity contribution is -0.123. The number of amides is 2. The lowest BCUT2D eigenvalue weighted by Gasteiger charge is -2.33. The first-order valence-corrected chi connectivity index (χ1v) is 12.6. The van der Waals surface area contributed by atoms with Crippen LogP contribution in [-0.2, 0) is 4.79 Å². The van der Waals surface area contributed by atoms with Crippen LogP contribution in [0.4, 0.5) is 5.69 Å². The third kappa shape index (κ3) is 5.88. The summed E-state index contributed by atoms with van der Waals surface area (Å²) in [5.41, 5.74) is 0.943. The lowest BCUT2D eigenvalue weighted by atomic mass is 9.94. The third-order valence-corrected chi connectivity index (χ3v) is 6.75. The van der Waals surface area contributed by atoms with Gasteiger partial charge in [-0.25, -0.2) is 0 Å². The second-order valence-corrected chi connectivity index (χ2v) is 9.08. The van der Waals surface area contributed by atoms with Gasteiger partial charge in [-0.05, 0) is 42.7 Å². The number of rotatable bonds is 10. The summed E-state index contributed by atoms with van der Waals surface area (Å²) in [5.74, 6) is 1.16. The highest BCUT2D eigenvalue weighted by Gasteiger charge is 2.36. The summed E-state index contributed by atoms with van der Waals surface area (Å²) in [6, 6.07) is 12.4. The summed E-state index contributed by atoms with van der Waals surface area (Å²) in [4.78, 5) is 29.5. The maximum Gasteiger partial charge on any atom is 0.294 e. The van der Waals surface area contributed by atoms with Gasteiger partial charge in [0.05, 0.1) is 40.4 Å². The van der Waals surface area contributed by atoms with Gasteiger partial charge in [0.15, 0.2) is 17.3 Å². The molecule has 0 bridgehead atoms. The van der Waals surface area contributed by atoms with Gasteiger partial charge in [0.25, 0.3) is 5.91 Å². The lowest BCUT2D eigenvalue weighted by Crippen LogP contribution is -2.47. The number of benzene rings is 2. The monoisotopic (exact) mass is 522 g/mol. The van der Waals surface area contributed by atoms with E-state index in [9.17, 15) is 9.59 Å².